The van der Waals surface area contributed by atoms with Gasteiger partial charge < -0.3 is 19.3 Å². The zero-order valence-corrected chi connectivity index (χ0v) is 15.4. The Morgan fingerprint density at radius 1 is 1.17 bits per heavy atom. The van der Waals surface area contributed by atoms with Crippen LogP contribution in [-0.4, -0.2) is 57.0 Å². The van der Waals surface area contributed by atoms with Gasteiger partial charge in [0, 0.05) is 0 Å². The zero-order chi connectivity index (χ0) is 16.9. The molecule has 0 unspecified atom stereocenters. The first-order valence-electron chi connectivity index (χ1n) is 8.69. The van der Waals surface area contributed by atoms with Gasteiger partial charge in [-0.25, -0.2) is 0 Å². The van der Waals surface area contributed by atoms with Crippen molar-refractivity contribution in [2.75, 3.05) is 46.2 Å². The van der Waals surface area contributed by atoms with Gasteiger partial charge in [-0.15, -0.1) is 11.8 Å². The van der Waals surface area contributed by atoms with Crippen molar-refractivity contribution < 1.29 is 19.2 Å². The van der Waals surface area contributed by atoms with E-state index in [0.29, 0.717) is 5.75 Å². The maximum absolute atomic E-state index is 12.3. The van der Waals surface area contributed by atoms with Crippen molar-refractivity contribution in [3.63, 3.8) is 0 Å². The molecular weight excluding hydrogens is 324 g/mol. The largest absolute Gasteiger partial charge is 0.493 e. The van der Waals surface area contributed by atoms with Crippen LogP contribution in [0.5, 0.6) is 11.5 Å². The van der Waals surface area contributed by atoms with Crippen molar-refractivity contribution in [1.82, 2.24) is 4.90 Å². The molecule has 1 N–H and O–H groups in total. The smallest absolute Gasteiger partial charge is 0.234 e. The van der Waals surface area contributed by atoms with Crippen LogP contribution in [-0.2, 0) is 4.79 Å². The Morgan fingerprint density at radius 2 is 1.92 bits per heavy atom. The molecule has 0 aromatic heterocycles. The summed E-state index contributed by atoms with van der Waals surface area (Å²) >= 11 is 1.70. The first-order valence-corrected chi connectivity index (χ1v) is 9.74. The van der Waals surface area contributed by atoms with E-state index in [0.717, 1.165) is 30.2 Å². The topological polar surface area (TPSA) is 43.2 Å². The second kappa shape index (κ2) is 8.12. The number of benzene rings is 1. The van der Waals surface area contributed by atoms with Gasteiger partial charge in [0.2, 0.25) is 5.91 Å². The number of likely N-dealkylation sites (tertiary alicyclic amines) is 1. The molecule has 0 spiro atoms. The van der Waals surface area contributed by atoms with Crippen molar-refractivity contribution in [3.05, 3.63) is 23.8 Å². The molecule has 0 saturated carbocycles. The second-order valence-corrected chi connectivity index (χ2v) is 7.49. The Hall–Kier alpha value is -1.40. The SMILES string of the molecule is COc1ccc([C@@H]2SCC(=O)N2CC[NH+]2CCCCC2)cc1OC. The first-order chi connectivity index (χ1) is 11.7. The molecule has 0 aliphatic carbocycles. The second-order valence-electron chi connectivity index (χ2n) is 6.43. The Bertz CT molecular complexity index is 575. The average molecular weight is 351 g/mol. The molecule has 2 saturated heterocycles. The van der Waals surface area contributed by atoms with E-state index in [1.165, 1.54) is 32.4 Å². The van der Waals surface area contributed by atoms with Crippen LogP contribution < -0.4 is 14.4 Å². The van der Waals surface area contributed by atoms with Gasteiger partial charge in [-0.05, 0) is 37.0 Å². The molecule has 3 rings (SSSR count). The number of nitrogens with zero attached hydrogens (tertiary/aromatic N) is 1. The highest BCUT2D eigenvalue weighted by Crippen LogP contribution is 2.41. The maximum Gasteiger partial charge on any atom is 0.234 e. The Labute approximate surface area is 148 Å². The predicted molar refractivity (Wildman–Crippen MR) is 95.9 cm³/mol. The molecule has 6 heteroatoms. The quantitative estimate of drug-likeness (QED) is 0.840. The van der Waals surface area contributed by atoms with Crippen LogP contribution in [0.15, 0.2) is 18.2 Å². The summed E-state index contributed by atoms with van der Waals surface area (Å²) in [4.78, 5) is 16.0. The lowest BCUT2D eigenvalue weighted by Crippen LogP contribution is -3.13. The Kier molecular flexibility index (Phi) is 5.89. The van der Waals surface area contributed by atoms with Crippen molar-refractivity contribution >= 4 is 17.7 Å². The molecule has 0 radical (unpaired) electrons. The van der Waals surface area contributed by atoms with Gasteiger partial charge in [-0.1, -0.05) is 6.07 Å². The molecule has 1 atom stereocenters. The van der Waals surface area contributed by atoms with Gasteiger partial charge >= 0.3 is 0 Å². The van der Waals surface area contributed by atoms with Crippen LogP contribution in [0.2, 0.25) is 0 Å². The van der Waals surface area contributed by atoms with Crippen LogP contribution in [0, 0.1) is 0 Å². The number of rotatable bonds is 6. The monoisotopic (exact) mass is 351 g/mol. The number of piperidine rings is 1. The number of methoxy groups -OCH3 is 2. The normalized spacial score (nSPS) is 22.0. The van der Waals surface area contributed by atoms with Gasteiger partial charge in [-0.2, -0.15) is 0 Å². The minimum atomic E-state index is 0.0847. The van der Waals surface area contributed by atoms with Crippen LogP contribution in [0.3, 0.4) is 0 Å². The standard InChI is InChI=1S/C18H26N2O3S/c1-22-15-7-6-14(12-16(15)23-2)18-20(17(21)13-24-18)11-10-19-8-4-3-5-9-19/h6-7,12,18H,3-5,8-11,13H2,1-2H3/p+1/t18-/m0/s1. The molecular formula is C18H27N2O3S+. The van der Waals surface area contributed by atoms with Gasteiger partial charge in [0.15, 0.2) is 11.5 Å². The lowest BCUT2D eigenvalue weighted by atomic mass is 10.1. The molecule has 2 heterocycles. The Morgan fingerprint density at radius 3 is 2.62 bits per heavy atom. The van der Waals surface area contributed by atoms with E-state index in [4.69, 9.17) is 9.47 Å². The summed E-state index contributed by atoms with van der Waals surface area (Å²) in [5.74, 6) is 2.25. The number of quaternary nitrogens is 1. The van der Waals surface area contributed by atoms with Crippen molar-refractivity contribution in [2.24, 2.45) is 0 Å². The number of ether oxygens (including phenoxy) is 2. The third-order valence-corrected chi connectivity index (χ3v) is 6.18. The van der Waals surface area contributed by atoms with E-state index in [-0.39, 0.29) is 11.3 Å². The van der Waals surface area contributed by atoms with E-state index < -0.39 is 0 Å². The number of amides is 1. The number of carbonyl (C=O) groups excluding carboxylic acids is 1. The predicted octanol–water partition coefficient (Wildman–Crippen LogP) is 1.35. The van der Waals surface area contributed by atoms with E-state index >= 15 is 0 Å². The highest BCUT2D eigenvalue weighted by Gasteiger charge is 2.34. The minimum absolute atomic E-state index is 0.0847. The van der Waals surface area contributed by atoms with Crippen LogP contribution in [0.1, 0.15) is 30.2 Å². The van der Waals surface area contributed by atoms with Gasteiger partial charge in [-0.3, -0.25) is 4.79 Å². The van der Waals surface area contributed by atoms with E-state index in [2.05, 4.69) is 0 Å². The average Bonchev–Trinajstić information content (AvgIpc) is 3.00. The first kappa shape index (κ1) is 17.4. The molecule has 2 aliphatic rings. The fraction of sp³-hybridized carbons (Fsp3) is 0.611. The molecule has 1 aromatic carbocycles. The van der Waals surface area contributed by atoms with Gasteiger partial charge in [0.05, 0.1) is 46.2 Å². The zero-order valence-electron chi connectivity index (χ0n) is 14.5. The maximum atomic E-state index is 12.3. The lowest BCUT2D eigenvalue weighted by molar-refractivity contribution is -0.904. The number of thioether (sulfide) groups is 1. The number of hydrogen-bond acceptors (Lipinski definition) is 4. The summed E-state index contributed by atoms with van der Waals surface area (Å²) in [6, 6.07) is 5.96. The molecule has 1 aromatic rings. The van der Waals surface area contributed by atoms with E-state index in [1.807, 2.05) is 23.1 Å². The molecule has 2 fully saturated rings. The van der Waals surface area contributed by atoms with Crippen molar-refractivity contribution in [3.8, 4) is 11.5 Å². The Balaban J connectivity index is 1.70. The number of carbonyl (C=O) groups is 1. The van der Waals surface area contributed by atoms with E-state index in [9.17, 15) is 4.79 Å². The summed E-state index contributed by atoms with van der Waals surface area (Å²) in [7, 11) is 3.28. The highest BCUT2D eigenvalue weighted by atomic mass is 32.2. The van der Waals surface area contributed by atoms with Crippen LogP contribution in [0.4, 0.5) is 0 Å². The summed E-state index contributed by atoms with van der Waals surface area (Å²) < 4.78 is 10.7. The molecule has 0 bridgehead atoms. The molecule has 24 heavy (non-hydrogen) atoms. The third-order valence-electron chi connectivity index (χ3n) is 4.93. The van der Waals surface area contributed by atoms with Gasteiger partial charge in [0.25, 0.3) is 0 Å². The summed E-state index contributed by atoms with van der Waals surface area (Å²) in [6.45, 7) is 4.38. The van der Waals surface area contributed by atoms with Crippen molar-refractivity contribution in [2.45, 2.75) is 24.6 Å². The summed E-state index contributed by atoms with van der Waals surface area (Å²) in [5, 5.41) is 0.0847. The molecule has 132 valence electrons. The highest BCUT2D eigenvalue weighted by molar-refractivity contribution is 8.00. The van der Waals surface area contributed by atoms with Crippen molar-refractivity contribution in [1.29, 1.82) is 0 Å². The lowest BCUT2D eigenvalue weighted by Gasteiger charge is -2.28. The number of hydrogen-bond donors (Lipinski definition) is 1. The minimum Gasteiger partial charge on any atom is -0.493 e. The third kappa shape index (κ3) is 3.81. The van der Waals surface area contributed by atoms with Crippen LogP contribution >= 0.6 is 11.8 Å². The molecule has 1 amide bonds. The fourth-order valence-electron chi connectivity index (χ4n) is 3.56. The van der Waals surface area contributed by atoms with Gasteiger partial charge in [0.1, 0.15) is 5.37 Å². The number of nitrogens with one attached hydrogen (secondary N) is 1. The molecule has 2 aliphatic heterocycles. The summed E-state index contributed by atoms with van der Waals surface area (Å²) in [6.07, 6.45) is 3.99. The van der Waals surface area contributed by atoms with Crippen LogP contribution in [0.25, 0.3) is 0 Å². The summed E-state index contributed by atoms with van der Waals surface area (Å²) in [5.41, 5.74) is 1.11. The molecule has 5 nitrogen and oxygen atoms in total. The fourth-order valence-corrected chi connectivity index (χ4v) is 4.77. The van der Waals surface area contributed by atoms with E-state index in [1.54, 1.807) is 30.9 Å².